The van der Waals surface area contributed by atoms with Crippen LogP contribution in [-0.2, 0) is 0 Å². The molecular formula is C16H25N3. The third kappa shape index (κ3) is 3.48. The van der Waals surface area contributed by atoms with Crippen LogP contribution in [0.3, 0.4) is 0 Å². The zero-order valence-electron chi connectivity index (χ0n) is 11.7. The van der Waals surface area contributed by atoms with Crippen molar-refractivity contribution >= 4 is 5.69 Å². The lowest BCUT2D eigenvalue weighted by molar-refractivity contribution is 0.245. The molecule has 2 fully saturated rings. The number of hydrogen-bond acceptors (Lipinski definition) is 3. The van der Waals surface area contributed by atoms with E-state index in [1.807, 2.05) is 0 Å². The molecule has 0 aromatic heterocycles. The largest absolute Gasteiger partial charge is 0.369 e. The van der Waals surface area contributed by atoms with Crippen molar-refractivity contribution in [1.82, 2.24) is 4.90 Å². The standard InChI is InChI=1S/C16H25N3/c17-16(14-6-7-14)8-9-18-10-12-19(13-11-18)15-4-2-1-3-5-15/h1-5,14,16H,6-13,17H2. The van der Waals surface area contributed by atoms with Gasteiger partial charge in [0.1, 0.15) is 0 Å². The highest BCUT2D eigenvalue weighted by Crippen LogP contribution is 2.32. The van der Waals surface area contributed by atoms with Crippen LogP contribution in [0.4, 0.5) is 5.69 Å². The Kier molecular flexibility index (Phi) is 4.04. The Labute approximate surface area is 116 Å². The van der Waals surface area contributed by atoms with Crippen LogP contribution in [0.2, 0.25) is 0 Å². The predicted molar refractivity (Wildman–Crippen MR) is 80.4 cm³/mol. The van der Waals surface area contributed by atoms with Gasteiger partial charge in [-0.25, -0.2) is 0 Å². The lowest BCUT2D eigenvalue weighted by Crippen LogP contribution is -2.47. The molecule has 1 saturated carbocycles. The van der Waals surface area contributed by atoms with E-state index < -0.39 is 0 Å². The third-order valence-electron chi connectivity index (χ3n) is 4.50. The number of benzene rings is 1. The van der Waals surface area contributed by atoms with Gasteiger partial charge in [0.25, 0.3) is 0 Å². The van der Waals surface area contributed by atoms with Gasteiger partial charge < -0.3 is 10.6 Å². The van der Waals surface area contributed by atoms with Gasteiger partial charge in [0.15, 0.2) is 0 Å². The van der Waals surface area contributed by atoms with Gasteiger partial charge in [-0.05, 0) is 43.9 Å². The van der Waals surface area contributed by atoms with Crippen molar-refractivity contribution < 1.29 is 0 Å². The molecule has 1 aromatic carbocycles. The normalized spacial score (nSPS) is 22.5. The first kappa shape index (κ1) is 12.9. The van der Waals surface area contributed by atoms with Crippen LogP contribution in [0.15, 0.2) is 30.3 Å². The van der Waals surface area contributed by atoms with Crippen LogP contribution in [0, 0.1) is 5.92 Å². The first-order valence-electron chi connectivity index (χ1n) is 7.61. The lowest BCUT2D eigenvalue weighted by Gasteiger charge is -2.36. The number of nitrogens with two attached hydrogens (primary N) is 1. The summed E-state index contributed by atoms with van der Waals surface area (Å²) in [5.41, 5.74) is 7.54. The van der Waals surface area contributed by atoms with Gasteiger partial charge in [-0.1, -0.05) is 18.2 Å². The van der Waals surface area contributed by atoms with E-state index in [1.54, 1.807) is 0 Å². The summed E-state index contributed by atoms with van der Waals surface area (Å²) in [6, 6.07) is 11.2. The molecule has 0 bridgehead atoms. The average molecular weight is 259 g/mol. The molecule has 1 saturated heterocycles. The molecule has 104 valence electrons. The summed E-state index contributed by atoms with van der Waals surface area (Å²) < 4.78 is 0. The highest BCUT2D eigenvalue weighted by Gasteiger charge is 2.28. The number of nitrogens with zero attached hydrogens (tertiary/aromatic N) is 2. The SMILES string of the molecule is NC(CCN1CCN(c2ccccc2)CC1)C1CC1. The van der Waals surface area contributed by atoms with Crippen LogP contribution in [-0.4, -0.2) is 43.7 Å². The molecule has 3 rings (SSSR count). The van der Waals surface area contributed by atoms with Gasteiger partial charge in [0, 0.05) is 37.9 Å². The molecule has 0 spiro atoms. The maximum atomic E-state index is 6.18. The Morgan fingerprint density at radius 1 is 1.05 bits per heavy atom. The molecule has 1 heterocycles. The minimum Gasteiger partial charge on any atom is -0.369 e. The number of para-hydroxylation sites is 1. The molecule has 0 amide bonds. The van der Waals surface area contributed by atoms with Crippen LogP contribution in [0.25, 0.3) is 0 Å². The second-order valence-electron chi connectivity index (χ2n) is 5.95. The van der Waals surface area contributed by atoms with E-state index in [0.29, 0.717) is 6.04 Å². The first-order chi connectivity index (χ1) is 9.33. The number of hydrogen-bond donors (Lipinski definition) is 1. The molecule has 3 nitrogen and oxygen atoms in total. The van der Waals surface area contributed by atoms with E-state index in [2.05, 4.69) is 40.1 Å². The van der Waals surface area contributed by atoms with Crippen molar-refractivity contribution in [3.63, 3.8) is 0 Å². The fourth-order valence-electron chi connectivity index (χ4n) is 2.96. The van der Waals surface area contributed by atoms with Gasteiger partial charge in [0.05, 0.1) is 0 Å². The zero-order chi connectivity index (χ0) is 13.1. The minimum absolute atomic E-state index is 0.451. The van der Waals surface area contributed by atoms with Crippen molar-refractivity contribution in [3.05, 3.63) is 30.3 Å². The van der Waals surface area contributed by atoms with Crippen molar-refractivity contribution in [3.8, 4) is 0 Å². The summed E-state index contributed by atoms with van der Waals surface area (Å²) in [4.78, 5) is 5.05. The summed E-state index contributed by atoms with van der Waals surface area (Å²) in [6.07, 6.45) is 3.90. The molecular weight excluding hydrogens is 234 g/mol. The summed E-state index contributed by atoms with van der Waals surface area (Å²) in [5.74, 6) is 0.839. The smallest absolute Gasteiger partial charge is 0.0367 e. The summed E-state index contributed by atoms with van der Waals surface area (Å²) in [6.45, 7) is 5.81. The van der Waals surface area contributed by atoms with E-state index in [1.165, 1.54) is 44.6 Å². The summed E-state index contributed by atoms with van der Waals surface area (Å²) in [7, 11) is 0. The molecule has 3 heteroatoms. The molecule has 2 N–H and O–H groups in total. The van der Waals surface area contributed by atoms with E-state index >= 15 is 0 Å². The quantitative estimate of drug-likeness (QED) is 0.877. The monoisotopic (exact) mass is 259 g/mol. The van der Waals surface area contributed by atoms with Crippen LogP contribution >= 0.6 is 0 Å². The Morgan fingerprint density at radius 3 is 2.37 bits per heavy atom. The fourth-order valence-corrected chi connectivity index (χ4v) is 2.96. The maximum absolute atomic E-state index is 6.18. The van der Waals surface area contributed by atoms with Gasteiger partial charge in [0.2, 0.25) is 0 Å². The van der Waals surface area contributed by atoms with Crippen LogP contribution in [0.1, 0.15) is 19.3 Å². The molecule has 1 atom stereocenters. The van der Waals surface area contributed by atoms with E-state index in [4.69, 9.17) is 5.73 Å². The molecule has 1 unspecified atom stereocenters. The van der Waals surface area contributed by atoms with Crippen molar-refractivity contribution in [2.75, 3.05) is 37.6 Å². The molecule has 1 aromatic rings. The first-order valence-corrected chi connectivity index (χ1v) is 7.61. The Morgan fingerprint density at radius 2 is 1.74 bits per heavy atom. The fraction of sp³-hybridized carbons (Fsp3) is 0.625. The van der Waals surface area contributed by atoms with Crippen molar-refractivity contribution in [1.29, 1.82) is 0 Å². The highest BCUT2D eigenvalue weighted by molar-refractivity contribution is 5.46. The Balaban J connectivity index is 1.42. The van der Waals surface area contributed by atoms with Gasteiger partial charge in [-0.3, -0.25) is 4.90 Å². The molecule has 1 aliphatic carbocycles. The van der Waals surface area contributed by atoms with E-state index in [9.17, 15) is 0 Å². The number of rotatable bonds is 5. The average Bonchev–Trinajstić information content (AvgIpc) is 3.31. The minimum atomic E-state index is 0.451. The number of anilines is 1. The lowest BCUT2D eigenvalue weighted by atomic mass is 10.1. The zero-order valence-corrected chi connectivity index (χ0v) is 11.7. The van der Waals surface area contributed by atoms with Gasteiger partial charge >= 0.3 is 0 Å². The van der Waals surface area contributed by atoms with Crippen molar-refractivity contribution in [2.45, 2.75) is 25.3 Å². The Bertz CT molecular complexity index is 380. The molecule has 19 heavy (non-hydrogen) atoms. The highest BCUT2D eigenvalue weighted by atomic mass is 15.3. The van der Waals surface area contributed by atoms with Gasteiger partial charge in [-0.2, -0.15) is 0 Å². The molecule has 1 aliphatic heterocycles. The van der Waals surface area contributed by atoms with Crippen LogP contribution in [0.5, 0.6) is 0 Å². The van der Waals surface area contributed by atoms with E-state index in [-0.39, 0.29) is 0 Å². The predicted octanol–water partition coefficient (Wildman–Crippen LogP) is 1.94. The number of piperazine rings is 1. The summed E-state index contributed by atoms with van der Waals surface area (Å²) >= 11 is 0. The molecule has 2 aliphatic rings. The second-order valence-corrected chi connectivity index (χ2v) is 5.95. The summed E-state index contributed by atoms with van der Waals surface area (Å²) in [5, 5.41) is 0. The Hall–Kier alpha value is -1.06. The van der Waals surface area contributed by atoms with E-state index in [0.717, 1.165) is 19.0 Å². The van der Waals surface area contributed by atoms with Crippen LogP contribution < -0.4 is 10.6 Å². The third-order valence-corrected chi connectivity index (χ3v) is 4.50. The topological polar surface area (TPSA) is 32.5 Å². The maximum Gasteiger partial charge on any atom is 0.0367 e. The molecule has 0 radical (unpaired) electrons. The second kappa shape index (κ2) is 5.93. The van der Waals surface area contributed by atoms with Gasteiger partial charge in [-0.15, -0.1) is 0 Å². The van der Waals surface area contributed by atoms with Crippen molar-refractivity contribution in [2.24, 2.45) is 11.7 Å².